The fraction of sp³-hybridized carbons (Fsp3) is 0.727. The van der Waals surface area contributed by atoms with E-state index in [0.29, 0.717) is 42.3 Å². The average Bonchev–Trinajstić information content (AvgIpc) is 3.38. The Hall–Kier alpha value is -2.71. The van der Waals surface area contributed by atoms with Gasteiger partial charge in [0.1, 0.15) is 12.2 Å². The predicted molar refractivity (Wildman–Crippen MR) is 205 cm³/mol. The molecule has 0 amide bonds. The maximum absolute atomic E-state index is 14.1. The molecule has 0 aromatic heterocycles. The number of nitrogens with one attached hydrogen (secondary N) is 1. The van der Waals surface area contributed by atoms with Crippen molar-refractivity contribution in [1.82, 2.24) is 5.32 Å². The molecule has 0 heterocycles. The fourth-order valence-corrected chi connectivity index (χ4v) is 12.9. The second kappa shape index (κ2) is 14.7. The van der Waals surface area contributed by atoms with Crippen molar-refractivity contribution < 1.29 is 33.8 Å². The summed E-state index contributed by atoms with van der Waals surface area (Å²) >= 11 is 6.27. The van der Waals surface area contributed by atoms with E-state index in [-0.39, 0.29) is 52.9 Å². The van der Waals surface area contributed by atoms with E-state index in [1.54, 1.807) is 13.8 Å². The largest absolute Gasteiger partial charge is 0.481 e. The van der Waals surface area contributed by atoms with Crippen LogP contribution in [0.3, 0.4) is 0 Å². The van der Waals surface area contributed by atoms with Gasteiger partial charge in [0.2, 0.25) is 0 Å². The van der Waals surface area contributed by atoms with Crippen molar-refractivity contribution in [3.05, 3.63) is 46.0 Å². The van der Waals surface area contributed by atoms with Crippen molar-refractivity contribution in [1.29, 1.82) is 0 Å². The van der Waals surface area contributed by atoms with Crippen LogP contribution in [-0.2, 0) is 35.2 Å². The summed E-state index contributed by atoms with van der Waals surface area (Å²) in [6, 6.07) is 7.77. The molecule has 0 radical (unpaired) electrons. The molecule has 2 N–H and O–H groups in total. The highest BCUT2D eigenvalue weighted by atomic mass is 35.5. The predicted octanol–water partition coefficient (Wildman–Crippen LogP) is 8.97. The summed E-state index contributed by atoms with van der Waals surface area (Å²) in [4.78, 5) is 51.5. The number of carbonyl (C=O) groups is 4. The van der Waals surface area contributed by atoms with Gasteiger partial charge in [-0.15, -0.1) is 0 Å². The highest BCUT2D eigenvalue weighted by Crippen LogP contribution is 2.72. The zero-order chi connectivity index (χ0) is 38.7. The van der Waals surface area contributed by atoms with Gasteiger partial charge < -0.3 is 19.9 Å². The maximum atomic E-state index is 14.1. The maximum Gasteiger partial charge on any atom is 0.309 e. The minimum Gasteiger partial charge on any atom is -0.481 e. The highest BCUT2D eigenvalue weighted by molar-refractivity contribution is 6.30. The number of benzene rings is 1. The molecule has 4 saturated carbocycles. The first-order valence-corrected chi connectivity index (χ1v) is 20.5. The molecule has 0 saturated heterocycles. The van der Waals surface area contributed by atoms with Crippen molar-refractivity contribution in [3.63, 3.8) is 0 Å². The van der Waals surface area contributed by atoms with Crippen LogP contribution in [0.4, 0.5) is 0 Å². The molecule has 10 unspecified atom stereocenters. The molecular weight excluding hydrogens is 690 g/mol. The molecule has 0 bridgehead atoms. The lowest BCUT2D eigenvalue weighted by Gasteiger charge is -2.67. The Morgan fingerprint density at radius 2 is 1.70 bits per heavy atom. The van der Waals surface area contributed by atoms with Crippen molar-refractivity contribution in [2.45, 2.75) is 138 Å². The number of hydrogen-bond acceptors (Lipinski definition) is 7. The summed E-state index contributed by atoms with van der Waals surface area (Å²) in [7, 11) is 0. The molecule has 6 rings (SSSR count). The number of halogens is 1. The van der Waals surface area contributed by atoms with Gasteiger partial charge in [0.05, 0.1) is 11.8 Å². The average molecular weight is 752 g/mol. The molecule has 0 spiro atoms. The minimum atomic E-state index is -1.16. The van der Waals surface area contributed by atoms with Crippen molar-refractivity contribution in [3.8, 4) is 0 Å². The van der Waals surface area contributed by atoms with Crippen LogP contribution in [-0.4, -0.2) is 47.6 Å². The standard InChI is InChI=1S/C44H62ClNO7/c1-25(2)38-33(48)21-44(36(52-27(4)47)24-46-23-28-10-9-11-29(45)20-28)19-15-32-30(39(38)44)12-13-35-42(7)18-16-34(26(3)31(42)14-17-43(32,35)8)53-37(49)22-41(5,6)40(50)51/h9-11,20,25-26,30-32,34-36,46H,12-19,21-24H2,1-8H3,(H,50,51). The Morgan fingerprint density at radius 1 is 1.02 bits per heavy atom. The van der Waals surface area contributed by atoms with Crippen molar-refractivity contribution >= 4 is 35.3 Å². The van der Waals surface area contributed by atoms with Gasteiger partial charge in [0.25, 0.3) is 0 Å². The number of hydrogen-bond donors (Lipinski definition) is 2. The number of esters is 2. The zero-order valence-electron chi connectivity index (χ0n) is 33.2. The first kappa shape index (κ1) is 40.0. The summed E-state index contributed by atoms with van der Waals surface area (Å²) in [6.45, 7) is 17.2. The number of ketones is 1. The number of fused-ring (bicyclic) bond motifs is 7. The third kappa shape index (κ3) is 7.14. The number of ether oxygens (including phenoxy) is 2. The SMILES string of the molecule is CC(=O)OC(CNCc1cccc(Cl)c1)C12CCC3C(CCC4C3(C)CCC3C(C)C(OC(=O)CC(C)(C)C(=O)O)CCC34C)C1=C(C(C)C)C(=O)C2. The summed E-state index contributed by atoms with van der Waals surface area (Å²) in [5, 5.41) is 13.8. The van der Waals surface area contributed by atoms with E-state index in [1.165, 1.54) is 12.5 Å². The highest BCUT2D eigenvalue weighted by Gasteiger charge is 2.66. The minimum absolute atomic E-state index is 0.0919. The van der Waals surface area contributed by atoms with Gasteiger partial charge in [-0.05, 0) is 140 Å². The Balaban J connectivity index is 1.25. The van der Waals surface area contributed by atoms with E-state index in [1.807, 2.05) is 24.3 Å². The number of Topliss-reactive ketones (excluding diaryl/α,β-unsaturated/α-hetero) is 1. The van der Waals surface area contributed by atoms with Crippen LogP contribution >= 0.6 is 11.6 Å². The molecule has 4 fully saturated rings. The van der Waals surface area contributed by atoms with Gasteiger partial charge >= 0.3 is 17.9 Å². The van der Waals surface area contributed by atoms with Gasteiger partial charge in [0.15, 0.2) is 5.78 Å². The molecule has 8 nitrogen and oxygen atoms in total. The summed E-state index contributed by atoms with van der Waals surface area (Å²) in [5.74, 6) is 0.405. The van der Waals surface area contributed by atoms with Crippen LogP contribution < -0.4 is 5.32 Å². The van der Waals surface area contributed by atoms with Gasteiger partial charge in [-0.25, -0.2) is 0 Å². The van der Waals surface area contributed by atoms with Crippen LogP contribution in [0.15, 0.2) is 35.4 Å². The lowest BCUT2D eigenvalue weighted by atomic mass is 9.38. The van der Waals surface area contributed by atoms with Crippen LogP contribution in [0.5, 0.6) is 0 Å². The Labute approximate surface area is 321 Å². The van der Waals surface area contributed by atoms with E-state index in [9.17, 15) is 24.3 Å². The number of carboxylic acids is 1. The van der Waals surface area contributed by atoms with Gasteiger partial charge in [-0.2, -0.15) is 0 Å². The molecule has 5 aliphatic rings. The lowest BCUT2D eigenvalue weighted by molar-refractivity contribution is -0.194. The van der Waals surface area contributed by atoms with Crippen LogP contribution in [0.25, 0.3) is 0 Å². The molecule has 292 valence electrons. The van der Waals surface area contributed by atoms with Gasteiger partial charge in [0, 0.05) is 36.9 Å². The number of rotatable bonds is 11. The first-order valence-electron chi connectivity index (χ1n) is 20.2. The van der Waals surface area contributed by atoms with E-state index < -0.39 is 28.9 Å². The Kier molecular flexibility index (Phi) is 11.1. The van der Waals surface area contributed by atoms with E-state index in [0.717, 1.165) is 62.5 Å². The fourth-order valence-electron chi connectivity index (χ4n) is 12.7. The summed E-state index contributed by atoms with van der Waals surface area (Å²) in [6.07, 6.45) is 7.48. The van der Waals surface area contributed by atoms with Gasteiger partial charge in [-0.1, -0.05) is 58.4 Å². The third-order valence-corrected chi connectivity index (χ3v) is 15.3. The number of aliphatic carboxylic acids is 1. The quantitative estimate of drug-likeness (QED) is 0.215. The van der Waals surface area contributed by atoms with Crippen molar-refractivity contribution in [2.75, 3.05) is 6.54 Å². The van der Waals surface area contributed by atoms with E-state index in [2.05, 4.69) is 39.9 Å². The molecule has 0 aliphatic heterocycles. The number of carbonyl (C=O) groups excluding carboxylic acids is 3. The smallest absolute Gasteiger partial charge is 0.309 e. The van der Waals surface area contributed by atoms with Gasteiger partial charge in [-0.3, -0.25) is 19.2 Å². The molecular formula is C44H62ClNO7. The van der Waals surface area contributed by atoms with E-state index in [4.69, 9.17) is 21.1 Å². The number of carboxylic acid groups (broad SMARTS) is 1. The third-order valence-electron chi connectivity index (χ3n) is 15.1. The monoisotopic (exact) mass is 751 g/mol. The Bertz CT molecular complexity index is 1650. The summed E-state index contributed by atoms with van der Waals surface area (Å²) < 4.78 is 12.3. The summed E-state index contributed by atoms with van der Waals surface area (Å²) in [5.41, 5.74) is 1.85. The molecule has 1 aromatic carbocycles. The molecule has 1 aromatic rings. The number of allylic oxidation sites excluding steroid dienone is 1. The van der Waals surface area contributed by atoms with Crippen LogP contribution in [0.2, 0.25) is 5.02 Å². The topological polar surface area (TPSA) is 119 Å². The van der Waals surface area contributed by atoms with Crippen LogP contribution in [0, 0.1) is 57.2 Å². The molecule has 53 heavy (non-hydrogen) atoms. The Morgan fingerprint density at radius 3 is 2.36 bits per heavy atom. The van der Waals surface area contributed by atoms with Crippen molar-refractivity contribution in [2.24, 2.45) is 57.2 Å². The lowest BCUT2D eigenvalue weighted by Crippen LogP contribution is -2.61. The second-order valence-electron chi connectivity index (χ2n) is 18.9. The molecule has 9 heteroatoms. The van der Waals surface area contributed by atoms with Crippen LogP contribution in [0.1, 0.15) is 125 Å². The normalized spacial score (nSPS) is 35.8. The second-order valence-corrected chi connectivity index (χ2v) is 19.4. The first-order chi connectivity index (χ1) is 24.8. The zero-order valence-corrected chi connectivity index (χ0v) is 33.9. The molecule has 10 atom stereocenters. The van der Waals surface area contributed by atoms with E-state index >= 15 is 0 Å². The molecule has 5 aliphatic carbocycles.